The van der Waals surface area contributed by atoms with E-state index in [0.29, 0.717) is 0 Å². The number of alkyl halides is 1. The maximum Gasteiger partial charge on any atom is 0.176 e. The first-order valence-electron chi connectivity index (χ1n) is 12.8. The highest BCUT2D eigenvalue weighted by atomic mass is 79.9. The van der Waals surface area contributed by atoms with E-state index in [2.05, 4.69) is 84.1 Å². The van der Waals surface area contributed by atoms with Crippen LogP contribution < -0.4 is 5.73 Å². The fourth-order valence-corrected chi connectivity index (χ4v) is 4.23. The van der Waals surface area contributed by atoms with Gasteiger partial charge in [0.15, 0.2) is 5.78 Å². The molecule has 0 aliphatic rings. The molecule has 0 spiro atoms. The Balaban J connectivity index is 0.000000173. The van der Waals surface area contributed by atoms with Crippen molar-refractivity contribution >= 4 is 38.3 Å². The van der Waals surface area contributed by atoms with Crippen molar-refractivity contribution < 1.29 is 4.79 Å². The molecule has 0 saturated carbocycles. The first-order chi connectivity index (χ1) is 18.0. The lowest BCUT2D eigenvalue weighted by Gasteiger charge is -2.02. The van der Waals surface area contributed by atoms with Crippen molar-refractivity contribution in [2.24, 2.45) is 0 Å². The Hall–Kier alpha value is -3.63. The van der Waals surface area contributed by atoms with Crippen LogP contribution >= 0.6 is 15.9 Å². The summed E-state index contributed by atoms with van der Waals surface area (Å²) in [5.74, 6) is 0.134. The molecule has 1 heterocycles. The fraction of sp³-hybridized carbons (Fsp3) is 0.206. The number of aryl methyl sites for hydroxylation is 5. The molecule has 196 valence electrons. The molecule has 0 radical (unpaired) electrons. The number of fused-ring (bicyclic) bond motifs is 1. The molecule has 0 fully saturated rings. The minimum atomic E-state index is -0.0970. The number of rotatable bonds is 3. The van der Waals surface area contributed by atoms with Crippen molar-refractivity contribution in [1.82, 2.24) is 4.98 Å². The third-order valence-electron chi connectivity index (χ3n) is 6.33. The SMILES string of the molecule is Cc1ccc(-c2[nH]c3ccc(C)cc3c2C)cc1.Cc1ccc(C(=O)C(C)Br)cc1.Cc1ccc(N)cc1. The number of nitrogens with two attached hydrogens (primary N) is 1. The van der Waals surface area contributed by atoms with Crippen LogP contribution in [0.3, 0.4) is 0 Å². The summed E-state index contributed by atoms with van der Waals surface area (Å²) in [5, 5.41) is 1.32. The van der Waals surface area contributed by atoms with Crippen LogP contribution in [0.4, 0.5) is 5.69 Å². The lowest BCUT2D eigenvalue weighted by molar-refractivity contribution is 0.0996. The molecule has 0 bridgehead atoms. The Morgan fingerprint density at radius 3 is 1.68 bits per heavy atom. The maximum absolute atomic E-state index is 11.4. The van der Waals surface area contributed by atoms with Crippen molar-refractivity contribution in [3.8, 4) is 11.3 Å². The Labute approximate surface area is 235 Å². The zero-order chi connectivity index (χ0) is 27.8. The summed E-state index contributed by atoms with van der Waals surface area (Å²) in [4.78, 5) is 14.8. The van der Waals surface area contributed by atoms with Gasteiger partial charge in [0, 0.05) is 27.8 Å². The van der Waals surface area contributed by atoms with Gasteiger partial charge in [0.1, 0.15) is 0 Å². The van der Waals surface area contributed by atoms with Crippen molar-refractivity contribution in [2.45, 2.75) is 46.4 Å². The smallest absolute Gasteiger partial charge is 0.176 e. The molecule has 4 aromatic carbocycles. The predicted molar refractivity (Wildman–Crippen MR) is 167 cm³/mol. The topological polar surface area (TPSA) is 58.9 Å². The van der Waals surface area contributed by atoms with Gasteiger partial charge in [-0.2, -0.15) is 0 Å². The molecule has 1 unspecified atom stereocenters. The molecule has 5 aromatic rings. The number of ketones is 1. The maximum atomic E-state index is 11.4. The van der Waals surface area contributed by atoms with Gasteiger partial charge >= 0.3 is 0 Å². The van der Waals surface area contributed by atoms with Crippen LogP contribution in [0.15, 0.2) is 91.0 Å². The number of H-pyrrole nitrogens is 1. The molecule has 38 heavy (non-hydrogen) atoms. The van der Waals surface area contributed by atoms with Gasteiger partial charge in [-0.3, -0.25) is 4.79 Å². The second kappa shape index (κ2) is 13.3. The van der Waals surface area contributed by atoms with E-state index in [1.165, 1.54) is 50.0 Å². The van der Waals surface area contributed by atoms with E-state index < -0.39 is 0 Å². The minimum Gasteiger partial charge on any atom is -0.399 e. The Kier molecular flexibility index (Phi) is 10.1. The summed E-state index contributed by atoms with van der Waals surface area (Å²) in [6, 6.07) is 30.6. The molecule has 3 nitrogen and oxygen atoms in total. The van der Waals surface area contributed by atoms with Gasteiger partial charge in [-0.25, -0.2) is 0 Å². The summed E-state index contributed by atoms with van der Waals surface area (Å²) in [6.45, 7) is 12.3. The van der Waals surface area contributed by atoms with Crippen LogP contribution in [-0.4, -0.2) is 15.6 Å². The highest BCUT2D eigenvalue weighted by Gasteiger charge is 2.11. The van der Waals surface area contributed by atoms with Crippen LogP contribution in [-0.2, 0) is 0 Å². The fourth-order valence-electron chi connectivity index (χ4n) is 3.96. The lowest BCUT2D eigenvalue weighted by atomic mass is 10.0. The standard InChI is InChI=1S/C17H17N.C10H11BrO.C7H9N/c1-11-4-7-14(8-5-11)17-13(3)15-10-12(2)6-9-16(15)18-17;1-7-3-5-9(6-4-7)10(12)8(2)11;1-6-2-4-7(8)5-3-6/h4-10,18H,1-3H3;3-6,8H,1-2H3;2-5H,8H2,1H3. The largest absolute Gasteiger partial charge is 0.399 e. The molecule has 1 aromatic heterocycles. The summed E-state index contributed by atoms with van der Waals surface area (Å²) < 4.78 is 0. The average molecular weight is 570 g/mol. The molecule has 5 rings (SSSR count). The normalized spacial score (nSPS) is 11.1. The Morgan fingerprint density at radius 1 is 0.711 bits per heavy atom. The Morgan fingerprint density at radius 2 is 1.18 bits per heavy atom. The summed E-state index contributed by atoms with van der Waals surface area (Å²) in [5.41, 5.74) is 17.1. The van der Waals surface area contributed by atoms with E-state index in [0.717, 1.165) is 11.3 Å². The zero-order valence-corrected chi connectivity index (χ0v) is 24.7. The Bertz CT molecular complexity index is 1460. The summed E-state index contributed by atoms with van der Waals surface area (Å²) in [6.07, 6.45) is 0. The van der Waals surface area contributed by atoms with E-state index in [1.54, 1.807) is 0 Å². The number of nitrogen functional groups attached to an aromatic ring is 1. The zero-order valence-electron chi connectivity index (χ0n) is 23.1. The molecule has 1 atom stereocenters. The van der Waals surface area contributed by atoms with E-state index in [-0.39, 0.29) is 10.6 Å². The molecule has 0 amide bonds. The molecule has 0 aliphatic heterocycles. The van der Waals surface area contributed by atoms with Gasteiger partial charge in [-0.15, -0.1) is 0 Å². The van der Waals surface area contributed by atoms with Gasteiger partial charge in [0.2, 0.25) is 0 Å². The first kappa shape index (κ1) is 28.9. The van der Waals surface area contributed by atoms with Crippen LogP contribution in [0.2, 0.25) is 0 Å². The van der Waals surface area contributed by atoms with Crippen LogP contribution in [0, 0.1) is 34.6 Å². The number of hydrogen-bond donors (Lipinski definition) is 2. The highest BCUT2D eigenvalue weighted by molar-refractivity contribution is 9.10. The van der Waals surface area contributed by atoms with E-state index in [9.17, 15) is 4.79 Å². The molecular weight excluding hydrogens is 532 g/mol. The van der Waals surface area contributed by atoms with Crippen molar-refractivity contribution in [3.05, 3.63) is 124 Å². The van der Waals surface area contributed by atoms with E-state index in [1.807, 2.05) is 69.3 Å². The minimum absolute atomic E-state index is 0.0970. The van der Waals surface area contributed by atoms with Crippen LogP contribution in [0.1, 0.15) is 45.1 Å². The number of anilines is 1. The molecular formula is C34H37BrN2O. The lowest BCUT2D eigenvalue weighted by Crippen LogP contribution is -2.09. The second-order valence-corrected chi connectivity index (χ2v) is 11.2. The number of halogens is 1. The first-order valence-corrected chi connectivity index (χ1v) is 13.7. The number of aromatic amines is 1. The van der Waals surface area contributed by atoms with Crippen molar-refractivity contribution in [3.63, 3.8) is 0 Å². The number of nitrogens with one attached hydrogen (secondary N) is 1. The predicted octanol–water partition coefficient (Wildman–Crippen LogP) is 9.30. The van der Waals surface area contributed by atoms with E-state index >= 15 is 0 Å². The third-order valence-corrected chi connectivity index (χ3v) is 6.74. The molecule has 3 N–H and O–H groups in total. The molecule has 0 aliphatic carbocycles. The number of carbonyl (C=O) groups is 1. The van der Waals surface area contributed by atoms with Gasteiger partial charge < -0.3 is 10.7 Å². The molecule has 0 saturated heterocycles. The number of hydrogen-bond acceptors (Lipinski definition) is 2. The number of carbonyl (C=O) groups excluding carboxylic acids is 1. The van der Waals surface area contributed by atoms with Gasteiger partial charge in [-0.05, 0) is 76.9 Å². The van der Waals surface area contributed by atoms with Gasteiger partial charge in [-0.1, -0.05) is 105 Å². The quantitative estimate of drug-likeness (QED) is 0.129. The number of benzene rings is 4. The molecule has 4 heteroatoms. The highest BCUT2D eigenvalue weighted by Crippen LogP contribution is 2.30. The number of Topliss-reactive ketones (excluding diaryl/α,β-unsaturated/α-hetero) is 1. The third kappa shape index (κ3) is 7.93. The van der Waals surface area contributed by atoms with Gasteiger partial charge in [0.25, 0.3) is 0 Å². The van der Waals surface area contributed by atoms with Crippen LogP contribution in [0.25, 0.3) is 22.2 Å². The van der Waals surface area contributed by atoms with Crippen molar-refractivity contribution in [1.29, 1.82) is 0 Å². The average Bonchev–Trinajstić information content (AvgIpc) is 3.22. The number of aromatic nitrogens is 1. The van der Waals surface area contributed by atoms with Crippen LogP contribution in [0.5, 0.6) is 0 Å². The monoisotopic (exact) mass is 568 g/mol. The second-order valence-electron chi connectivity index (χ2n) is 9.80. The summed E-state index contributed by atoms with van der Waals surface area (Å²) >= 11 is 3.25. The van der Waals surface area contributed by atoms with E-state index in [4.69, 9.17) is 5.73 Å². The van der Waals surface area contributed by atoms with Crippen molar-refractivity contribution in [2.75, 3.05) is 5.73 Å². The summed E-state index contributed by atoms with van der Waals surface area (Å²) in [7, 11) is 0. The van der Waals surface area contributed by atoms with Gasteiger partial charge in [0.05, 0.1) is 4.83 Å².